The molecule has 0 bridgehead atoms. The van der Waals surface area contributed by atoms with Crippen molar-refractivity contribution in [1.29, 1.82) is 0 Å². The summed E-state index contributed by atoms with van der Waals surface area (Å²) in [6, 6.07) is 5.73. The van der Waals surface area contributed by atoms with Crippen LogP contribution in [0.3, 0.4) is 0 Å². The molecule has 0 spiro atoms. The maximum atomic E-state index is 6.12. The lowest BCUT2D eigenvalue weighted by Gasteiger charge is -2.10. The van der Waals surface area contributed by atoms with Gasteiger partial charge in [0.25, 0.3) is 0 Å². The number of benzene rings is 1. The highest BCUT2D eigenvalue weighted by molar-refractivity contribution is 6.31. The van der Waals surface area contributed by atoms with Crippen molar-refractivity contribution in [3.05, 3.63) is 28.8 Å². The third kappa shape index (κ3) is 4.19. The Bertz CT molecular complexity index is 592. The average Bonchev–Trinajstić information content (AvgIpc) is 2.43. The van der Waals surface area contributed by atoms with E-state index in [0.717, 1.165) is 24.3 Å². The van der Waals surface area contributed by atoms with Gasteiger partial charge in [-0.25, -0.2) is 0 Å². The van der Waals surface area contributed by atoms with Gasteiger partial charge in [0, 0.05) is 23.8 Å². The molecule has 1 heterocycles. The Balaban J connectivity index is 2.26. The van der Waals surface area contributed by atoms with Crippen molar-refractivity contribution in [2.24, 2.45) is 0 Å². The molecular weight excluding hydrogens is 288 g/mol. The number of anilines is 4. The molecule has 0 aliphatic heterocycles. The van der Waals surface area contributed by atoms with Gasteiger partial charge in [-0.15, -0.1) is 0 Å². The number of nitrogens with zero attached hydrogens (tertiary/aromatic N) is 3. The first-order valence-corrected chi connectivity index (χ1v) is 7.27. The smallest absolute Gasteiger partial charge is 0.233 e. The molecule has 0 radical (unpaired) electrons. The van der Waals surface area contributed by atoms with Gasteiger partial charge in [0.2, 0.25) is 17.8 Å². The Hall–Kier alpha value is -2.08. The number of nitrogens with one attached hydrogen (secondary N) is 3. The van der Waals surface area contributed by atoms with Crippen molar-refractivity contribution in [1.82, 2.24) is 15.0 Å². The third-order valence-corrected chi connectivity index (χ3v) is 3.14. The normalized spacial score (nSPS) is 10.3. The molecule has 0 aliphatic carbocycles. The minimum Gasteiger partial charge on any atom is -0.354 e. The highest BCUT2D eigenvalue weighted by Gasteiger charge is 2.06. The summed E-state index contributed by atoms with van der Waals surface area (Å²) >= 11 is 6.12. The van der Waals surface area contributed by atoms with E-state index in [1.165, 1.54) is 0 Å². The fourth-order valence-corrected chi connectivity index (χ4v) is 1.89. The van der Waals surface area contributed by atoms with Crippen LogP contribution in [0.5, 0.6) is 0 Å². The molecule has 2 aromatic rings. The largest absolute Gasteiger partial charge is 0.354 e. The molecule has 3 N–H and O–H groups in total. The Kier molecular flexibility index (Phi) is 5.16. The molecule has 0 fully saturated rings. The zero-order valence-corrected chi connectivity index (χ0v) is 13.1. The Morgan fingerprint density at radius 3 is 2.05 bits per heavy atom. The Morgan fingerprint density at radius 1 is 0.952 bits per heavy atom. The third-order valence-electron chi connectivity index (χ3n) is 2.73. The van der Waals surface area contributed by atoms with Gasteiger partial charge in [-0.3, -0.25) is 0 Å². The standard InChI is InChI=1S/C14H19ClN6/c1-4-16-12-19-13(17-5-2)21-14(20-12)18-10-7-6-9(3)11(15)8-10/h6-8H,4-5H2,1-3H3,(H3,16,17,18,19,20,21). The predicted octanol–water partition coefficient (Wildman–Crippen LogP) is 3.44. The van der Waals surface area contributed by atoms with Gasteiger partial charge in [0.1, 0.15) is 0 Å². The molecule has 0 saturated carbocycles. The predicted molar refractivity (Wildman–Crippen MR) is 87.6 cm³/mol. The summed E-state index contributed by atoms with van der Waals surface area (Å²) in [6.07, 6.45) is 0. The number of aromatic nitrogens is 3. The fraction of sp³-hybridized carbons (Fsp3) is 0.357. The molecule has 0 saturated heterocycles. The van der Waals surface area contributed by atoms with Gasteiger partial charge in [0.05, 0.1) is 0 Å². The maximum Gasteiger partial charge on any atom is 0.233 e. The van der Waals surface area contributed by atoms with E-state index in [-0.39, 0.29) is 0 Å². The molecule has 0 atom stereocenters. The van der Waals surface area contributed by atoms with E-state index in [1.807, 2.05) is 39.0 Å². The second kappa shape index (κ2) is 7.08. The number of rotatable bonds is 6. The summed E-state index contributed by atoms with van der Waals surface area (Å²) in [4.78, 5) is 12.9. The maximum absolute atomic E-state index is 6.12. The molecular formula is C14H19ClN6. The van der Waals surface area contributed by atoms with Crippen LogP contribution >= 0.6 is 11.6 Å². The van der Waals surface area contributed by atoms with Gasteiger partial charge < -0.3 is 16.0 Å². The van der Waals surface area contributed by atoms with Crippen LogP contribution in [0.1, 0.15) is 19.4 Å². The van der Waals surface area contributed by atoms with E-state index in [1.54, 1.807) is 0 Å². The van der Waals surface area contributed by atoms with E-state index in [4.69, 9.17) is 11.6 Å². The van der Waals surface area contributed by atoms with Gasteiger partial charge in [0.15, 0.2) is 0 Å². The molecule has 2 rings (SSSR count). The van der Waals surface area contributed by atoms with Crippen LogP contribution in [0.15, 0.2) is 18.2 Å². The second-order valence-electron chi connectivity index (χ2n) is 4.46. The van der Waals surface area contributed by atoms with Crippen LogP contribution in [-0.2, 0) is 0 Å². The van der Waals surface area contributed by atoms with Crippen LogP contribution < -0.4 is 16.0 Å². The lowest BCUT2D eigenvalue weighted by molar-refractivity contribution is 1.00. The van der Waals surface area contributed by atoms with E-state index in [0.29, 0.717) is 22.9 Å². The molecule has 1 aromatic heterocycles. The molecule has 6 nitrogen and oxygen atoms in total. The van der Waals surface area contributed by atoms with E-state index in [9.17, 15) is 0 Å². The molecule has 0 unspecified atom stereocenters. The minimum absolute atomic E-state index is 0.469. The number of hydrogen-bond donors (Lipinski definition) is 3. The van der Waals surface area contributed by atoms with Crippen molar-refractivity contribution in [3.63, 3.8) is 0 Å². The lowest BCUT2D eigenvalue weighted by atomic mass is 10.2. The first-order valence-electron chi connectivity index (χ1n) is 6.89. The summed E-state index contributed by atoms with van der Waals surface area (Å²) in [7, 11) is 0. The van der Waals surface area contributed by atoms with Gasteiger partial charge in [-0.1, -0.05) is 17.7 Å². The fourth-order valence-electron chi connectivity index (χ4n) is 1.71. The molecule has 0 aliphatic rings. The van der Waals surface area contributed by atoms with Crippen molar-refractivity contribution in [2.45, 2.75) is 20.8 Å². The van der Waals surface area contributed by atoms with Gasteiger partial charge in [-0.05, 0) is 38.5 Å². The molecule has 1 aromatic carbocycles. The summed E-state index contributed by atoms with van der Waals surface area (Å²) < 4.78 is 0. The number of halogens is 1. The highest BCUT2D eigenvalue weighted by Crippen LogP contribution is 2.22. The highest BCUT2D eigenvalue weighted by atomic mass is 35.5. The first-order chi connectivity index (χ1) is 10.1. The Morgan fingerprint density at radius 2 is 1.52 bits per heavy atom. The Labute approximate surface area is 129 Å². The number of hydrogen-bond acceptors (Lipinski definition) is 6. The molecule has 0 amide bonds. The van der Waals surface area contributed by atoms with Crippen molar-refractivity contribution >= 4 is 35.1 Å². The average molecular weight is 307 g/mol. The summed E-state index contributed by atoms with van der Waals surface area (Å²) in [5, 5.41) is 10.0. The first kappa shape index (κ1) is 15.3. The number of aryl methyl sites for hydroxylation is 1. The van der Waals surface area contributed by atoms with E-state index in [2.05, 4.69) is 30.9 Å². The van der Waals surface area contributed by atoms with Crippen molar-refractivity contribution in [2.75, 3.05) is 29.0 Å². The topological polar surface area (TPSA) is 74.8 Å². The summed E-state index contributed by atoms with van der Waals surface area (Å²) in [6.45, 7) is 7.42. The van der Waals surface area contributed by atoms with E-state index >= 15 is 0 Å². The van der Waals surface area contributed by atoms with E-state index < -0.39 is 0 Å². The lowest BCUT2D eigenvalue weighted by Crippen LogP contribution is -2.10. The van der Waals surface area contributed by atoms with Crippen molar-refractivity contribution < 1.29 is 0 Å². The minimum atomic E-state index is 0.469. The summed E-state index contributed by atoms with van der Waals surface area (Å²) in [5.41, 5.74) is 1.86. The molecule has 112 valence electrons. The zero-order valence-electron chi connectivity index (χ0n) is 12.4. The van der Waals surface area contributed by atoms with Crippen molar-refractivity contribution in [3.8, 4) is 0 Å². The molecule has 7 heteroatoms. The van der Waals surface area contributed by atoms with Crippen LogP contribution in [0.25, 0.3) is 0 Å². The molecule has 21 heavy (non-hydrogen) atoms. The summed E-state index contributed by atoms with van der Waals surface area (Å²) in [5.74, 6) is 1.53. The zero-order chi connectivity index (χ0) is 15.2. The van der Waals surface area contributed by atoms with Crippen LogP contribution in [0, 0.1) is 6.92 Å². The second-order valence-corrected chi connectivity index (χ2v) is 4.86. The quantitative estimate of drug-likeness (QED) is 0.759. The van der Waals surface area contributed by atoms with Gasteiger partial charge >= 0.3 is 0 Å². The van der Waals surface area contributed by atoms with Crippen LogP contribution in [0.4, 0.5) is 23.5 Å². The van der Waals surface area contributed by atoms with Crippen LogP contribution in [-0.4, -0.2) is 28.0 Å². The van der Waals surface area contributed by atoms with Crippen LogP contribution in [0.2, 0.25) is 5.02 Å². The SMILES string of the molecule is CCNc1nc(NCC)nc(Nc2ccc(C)c(Cl)c2)n1. The van der Waals surface area contributed by atoms with Gasteiger partial charge in [-0.2, -0.15) is 15.0 Å². The monoisotopic (exact) mass is 306 g/mol.